The van der Waals surface area contributed by atoms with Crippen LogP contribution in [0.4, 0.5) is 0 Å². The molecule has 1 aliphatic heterocycles. The molecule has 0 spiro atoms. The van der Waals surface area contributed by atoms with Crippen molar-refractivity contribution in [1.29, 1.82) is 0 Å². The van der Waals surface area contributed by atoms with Crippen LogP contribution in [-0.4, -0.2) is 34.3 Å². The molecule has 0 N–H and O–H groups in total. The number of Topliss-reactive ketones (excluding diaryl/α,β-unsaturated/α-hetero) is 1. The van der Waals surface area contributed by atoms with E-state index in [-0.39, 0.29) is 5.78 Å². The summed E-state index contributed by atoms with van der Waals surface area (Å²) < 4.78 is 0. The third-order valence-corrected chi connectivity index (χ3v) is 4.29. The van der Waals surface area contributed by atoms with E-state index in [4.69, 9.17) is 0 Å². The Bertz CT molecular complexity index is 529. The zero-order valence-corrected chi connectivity index (χ0v) is 11.7. The van der Waals surface area contributed by atoms with Crippen molar-refractivity contribution in [2.75, 3.05) is 13.1 Å². The molecule has 0 amide bonds. The van der Waals surface area contributed by atoms with Gasteiger partial charge in [-0.05, 0) is 44.5 Å². The number of hydrogen-bond donors (Lipinski definition) is 0. The van der Waals surface area contributed by atoms with Crippen molar-refractivity contribution < 1.29 is 4.79 Å². The van der Waals surface area contributed by atoms with E-state index in [0.29, 0.717) is 5.56 Å². The molecular formula is C17H20N2O. The van der Waals surface area contributed by atoms with Crippen LogP contribution in [0.2, 0.25) is 0 Å². The fourth-order valence-corrected chi connectivity index (χ4v) is 3.20. The number of likely N-dealkylation sites (tertiary alicyclic amines) is 1. The number of pyridine rings is 1. The first-order chi connectivity index (χ1) is 9.83. The summed E-state index contributed by atoms with van der Waals surface area (Å²) in [5.41, 5.74) is 0.205. The predicted octanol–water partition coefficient (Wildman–Crippen LogP) is 3.01. The highest BCUT2D eigenvalue weighted by Crippen LogP contribution is 2.32. The molecule has 2 heterocycles. The minimum atomic E-state index is -0.502. The summed E-state index contributed by atoms with van der Waals surface area (Å²) in [5.74, 6) is 0.174. The molecule has 1 atom stereocenters. The van der Waals surface area contributed by atoms with Gasteiger partial charge in [0.15, 0.2) is 5.78 Å². The van der Waals surface area contributed by atoms with Crippen molar-refractivity contribution in [2.24, 2.45) is 0 Å². The fraction of sp³-hybridized carbons (Fsp3) is 0.412. The minimum absolute atomic E-state index is 0.174. The monoisotopic (exact) mass is 268 g/mol. The molecule has 1 aliphatic carbocycles. The summed E-state index contributed by atoms with van der Waals surface area (Å²) >= 11 is 0. The second-order valence-corrected chi connectivity index (χ2v) is 5.53. The lowest BCUT2D eigenvalue weighted by Crippen LogP contribution is -2.55. The lowest BCUT2D eigenvalue weighted by Gasteiger charge is -2.43. The van der Waals surface area contributed by atoms with E-state index in [1.165, 1.54) is 19.3 Å². The van der Waals surface area contributed by atoms with Crippen molar-refractivity contribution in [1.82, 2.24) is 9.88 Å². The Morgan fingerprint density at radius 3 is 2.70 bits per heavy atom. The van der Waals surface area contributed by atoms with E-state index in [9.17, 15) is 4.79 Å². The third-order valence-electron chi connectivity index (χ3n) is 4.29. The first-order valence-electron chi connectivity index (χ1n) is 7.37. The topological polar surface area (TPSA) is 33.2 Å². The van der Waals surface area contributed by atoms with Crippen LogP contribution in [0.25, 0.3) is 0 Å². The molecular weight excluding hydrogens is 248 g/mol. The molecule has 1 aromatic rings. The molecule has 1 unspecified atom stereocenters. The number of hydrogen-bond acceptors (Lipinski definition) is 3. The zero-order chi connectivity index (χ0) is 13.8. The van der Waals surface area contributed by atoms with Gasteiger partial charge in [0.05, 0.1) is 0 Å². The quantitative estimate of drug-likeness (QED) is 0.790. The summed E-state index contributed by atoms with van der Waals surface area (Å²) in [6.45, 7) is 2.01. The van der Waals surface area contributed by atoms with Gasteiger partial charge in [-0.25, -0.2) is 0 Å². The van der Waals surface area contributed by atoms with Gasteiger partial charge in [-0.15, -0.1) is 0 Å². The van der Waals surface area contributed by atoms with Crippen LogP contribution in [0.15, 0.2) is 48.8 Å². The summed E-state index contributed by atoms with van der Waals surface area (Å²) in [6.07, 6.45) is 16.0. The third kappa shape index (κ3) is 2.34. The van der Waals surface area contributed by atoms with Crippen LogP contribution >= 0.6 is 0 Å². The lowest BCUT2D eigenvalue weighted by molar-refractivity contribution is 0.0614. The van der Waals surface area contributed by atoms with Gasteiger partial charge >= 0.3 is 0 Å². The average molecular weight is 268 g/mol. The van der Waals surface area contributed by atoms with E-state index >= 15 is 0 Å². The van der Waals surface area contributed by atoms with Crippen LogP contribution in [-0.2, 0) is 0 Å². The Labute approximate surface area is 120 Å². The molecule has 3 nitrogen and oxygen atoms in total. The zero-order valence-electron chi connectivity index (χ0n) is 11.7. The van der Waals surface area contributed by atoms with E-state index in [0.717, 1.165) is 19.5 Å². The Morgan fingerprint density at radius 2 is 2.05 bits per heavy atom. The van der Waals surface area contributed by atoms with Gasteiger partial charge in [0.25, 0.3) is 0 Å². The normalized spacial score (nSPS) is 26.6. The SMILES string of the molecule is O=C(c1cccnc1)C1(N2CCCCC2)C=CC=CC1. The molecule has 104 valence electrons. The molecule has 1 saturated heterocycles. The molecule has 1 aromatic heterocycles. The van der Waals surface area contributed by atoms with Gasteiger partial charge in [0, 0.05) is 18.0 Å². The Morgan fingerprint density at radius 1 is 1.20 bits per heavy atom. The van der Waals surface area contributed by atoms with Crippen molar-refractivity contribution >= 4 is 5.78 Å². The summed E-state index contributed by atoms with van der Waals surface area (Å²) in [6, 6.07) is 3.70. The Kier molecular flexibility index (Phi) is 3.79. The van der Waals surface area contributed by atoms with Crippen molar-refractivity contribution in [3.05, 3.63) is 54.4 Å². The van der Waals surface area contributed by atoms with E-state index in [2.05, 4.69) is 22.0 Å². The predicted molar refractivity (Wildman–Crippen MR) is 79.6 cm³/mol. The fourth-order valence-electron chi connectivity index (χ4n) is 3.20. The molecule has 20 heavy (non-hydrogen) atoms. The first kappa shape index (κ1) is 13.3. The van der Waals surface area contributed by atoms with E-state index in [1.807, 2.05) is 24.3 Å². The number of allylic oxidation sites excluding steroid dienone is 2. The largest absolute Gasteiger partial charge is 0.292 e. The van der Waals surface area contributed by atoms with Crippen LogP contribution in [0, 0.1) is 0 Å². The van der Waals surface area contributed by atoms with Gasteiger partial charge in [-0.2, -0.15) is 0 Å². The number of ketones is 1. The van der Waals surface area contributed by atoms with Crippen LogP contribution in [0.3, 0.4) is 0 Å². The van der Waals surface area contributed by atoms with Crippen LogP contribution < -0.4 is 0 Å². The van der Waals surface area contributed by atoms with Gasteiger partial charge < -0.3 is 0 Å². The van der Waals surface area contributed by atoms with Gasteiger partial charge in [-0.3, -0.25) is 14.7 Å². The summed E-state index contributed by atoms with van der Waals surface area (Å²) in [4.78, 5) is 19.5. The van der Waals surface area contributed by atoms with Gasteiger partial charge in [0.1, 0.15) is 5.54 Å². The number of carbonyl (C=O) groups excluding carboxylic acids is 1. The molecule has 3 heteroatoms. The number of piperidine rings is 1. The molecule has 0 aromatic carbocycles. The molecule has 0 saturated carbocycles. The molecule has 1 fully saturated rings. The van der Waals surface area contributed by atoms with Crippen LogP contribution in [0.1, 0.15) is 36.0 Å². The maximum Gasteiger partial charge on any atom is 0.188 e. The molecule has 0 bridgehead atoms. The maximum atomic E-state index is 13.1. The summed E-state index contributed by atoms with van der Waals surface area (Å²) in [7, 11) is 0. The van der Waals surface area contributed by atoms with Gasteiger partial charge in [0.2, 0.25) is 0 Å². The highest BCUT2D eigenvalue weighted by atomic mass is 16.1. The van der Waals surface area contributed by atoms with Crippen molar-refractivity contribution in [2.45, 2.75) is 31.2 Å². The molecule has 3 rings (SSSR count). The lowest BCUT2D eigenvalue weighted by atomic mass is 9.81. The van der Waals surface area contributed by atoms with Crippen molar-refractivity contribution in [3.63, 3.8) is 0 Å². The molecule has 0 radical (unpaired) electrons. The first-order valence-corrected chi connectivity index (χ1v) is 7.37. The smallest absolute Gasteiger partial charge is 0.188 e. The van der Waals surface area contributed by atoms with E-state index in [1.54, 1.807) is 12.4 Å². The number of rotatable bonds is 3. The second-order valence-electron chi connectivity index (χ2n) is 5.53. The average Bonchev–Trinajstić information content (AvgIpc) is 2.56. The number of carbonyl (C=O) groups is 1. The number of nitrogens with zero attached hydrogens (tertiary/aromatic N) is 2. The molecule has 2 aliphatic rings. The highest BCUT2D eigenvalue weighted by molar-refractivity contribution is 6.04. The highest BCUT2D eigenvalue weighted by Gasteiger charge is 2.42. The van der Waals surface area contributed by atoms with E-state index < -0.39 is 5.54 Å². The van der Waals surface area contributed by atoms with Gasteiger partial charge in [-0.1, -0.05) is 30.7 Å². The summed E-state index contributed by atoms with van der Waals surface area (Å²) in [5, 5.41) is 0. The number of aromatic nitrogens is 1. The minimum Gasteiger partial charge on any atom is -0.292 e. The Balaban J connectivity index is 1.95. The van der Waals surface area contributed by atoms with Crippen LogP contribution in [0.5, 0.6) is 0 Å². The maximum absolute atomic E-state index is 13.1. The second kappa shape index (κ2) is 5.71. The Hall–Kier alpha value is -1.74. The van der Waals surface area contributed by atoms with Crippen molar-refractivity contribution in [3.8, 4) is 0 Å². The standard InChI is InChI=1S/C17H20N2O/c20-16(15-8-7-11-18-14-15)17(9-3-1-4-10-17)19-12-5-2-6-13-19/h1,3-4,7-9,11,14H,2,5-6,10,12-13H2.